The second-order valence-electron chi connectivity index (χ2n) is 3.59. The van der Waals surface area contributed by atoms with Crippen molar-refractivity contribution in [2.75, 3.05) is 45.8 Å². The van der Waals surface area contributed by atoms with Crippen molar-refractivity contribution >= 4 is 0 Å². The first kappa shape index (κ1) is 13.8. The summed E-state index contributed by atoms with van der Waals surface area (Å²) in [6, 6.07) is 0.162. The number of hydrogen-bond acceptors (Lipinski definition) is 5. The molecule has 1 rings (SSSR count). The van der Waals surface area contributed by atoms with E-state index < -0.39 is 0 Å². The average molecular weight is 203 g/mol. The van der Waals surface area contributed by atoms with Gasteiger partial charge in [-0.1, -0.05) is 0 Å². The van der Waals surface area contributed by atoms with Gasteiger partial charge in [0.1, 0.15) is 0 Å². The summed E-state index contributed by atoms with van der Waals surface area (Å²) >= 11 is 0. The highest BCUT2D eigenvalue weighted by Gasteiger charge is 2.06. The fourth-order valence-corrected chi connectivity index (χ4v) is 1.12. The van der Waals surface area contributed by atoms with Crippen molar-refractivity contribution in [2.24, 2.45) is 17.2 Å². The Morgan fingerprint density at radius 2 is 1.79 bits per heavy atom. The number of rotatable bonds is 3. The predicted octanol–water partition coefficient (Wildman–Crippen LogP) is -1.86. The quantitative estimate of drug-likeness (QED) is 0.432. The number of nitrogens with zero attached hydrogens (tertiary/aromatic N) is 1. The zero-order valence-electron chi connectivity index (χ0n) is 9.21. The van der Waals surface area contributed by atoms with Crippen LogP contribution in [0.5, 0.6) is 0 Å². The Morgan fingerprint density at radius 1 is 1.29 bits per heavy atom. The molecule has 0 bridgehead atoms. The van der Waals surface area contributed by atoms with E-state index in [4.69, 9.17) is 17.2 Å². The Balaban J connectivity index is 0.000000292. The van der Waals surface area contributed by atoms with Crippen molar-refractivity contribution in [2.45, 2.75) is 13.0 Å². The zero-order valence-corrected chi connectivity index (χ0v) is 9.21. The molecule has 1 saturated heterocycles. The molecule has 0 radical (unpaired) electrons. The molecule has 0 amide bonds. The molecule has 1 aliphatic heterocycles. The lowest BCUT2D eigenvalue weighted by Gasteiger charge is -2.26. The van der Waals surface area contributed by atoms with Crippen molar-refractivity contribution in [1.29, 1.82) is 0 Å². The van der Waals surface area contributed by atoms with Gasteiger partial charge < -0.3 is 22.5 Å². The van der Waals surface area contributed by atoms with E-state index in [2.05, 4.69) is 10.2 Å². The standard InChI is InChI=1S/C6H15N3.C3H10N2/c7-1-4-9-5-2-8-3-6-9;1-3(5)2-4/h8H,1-7H2;3H,2,4-5H2,1H3. The molecule has 0 spiro atoms. The fraction of sp³-hybridized carbons (Fsp3) is 1.00. The molecule has 7 N–H and O–H groups in total. The maximum atomic E-state index is 5.40. The Hall–Kier alpha value is -0.200. The maximum absolute atomic E-state index is 5.40. The summed E-state index contributed by atoms with van der Waals surface area (Å²) in [6.45, 7) is 8.88. The van der Waals surface area contributed by atoms with E-state index >= 15 is 0 Å². The number of hydrogen-bond donors (Lipinski definition) is 4. The molecule has 0 aliphatic carbocycles. The van der Waals surface area contributed by atoms with Crippen LogP contribution in [0.15, 0.2) is 0 Å². The summed E-state index contributed by atoms with van der Waals surface area (Å²) in [6.07, 6.45) is 0. The van der Waals surface area contributed by atoms with Gasteiger partial charge >= 0.3 is 0 Å². The van der Waals surface area contributed by atoms with Gasteiger partial charge in [0, 0.05) is 51.9 Å². The number of nitrogens with one attached hydrogen (secondary N) is 1. The van der Waals surface area contributed by atoms with E-state index in [1.165, 1.54) is 0 Å². The van der Waals surface area contributed by atoms with E-state index in [-0.39, 0.29) is 6.04 Å². The number of nitrogens with two attached hydrogens (primary N) is 3. The van der Waals surface area contributed by atoms with Crippen LogP contribution < -0.4 is 22.5 Å². The molecule has 1 heterocycles. The largest absolute Gasteiger partial charge is 0.329 e. The van der Waals surface area contributed by atoms with Crippen LogP contribution in [-0.2, 0) is 0 Å². The van der Waals surface area contributed by atoms with E-state index in [9.17, 15) is 0 Å². The Labute approximate surface area is 87.0 Å². The van der Waals surface area contributed by atoms with Crippen molar-refractivity contribution in [3.63, 3.8) is 0 Å². The summed E-state index contributed by atoms with van der Waals surface area (Å²) in [5, 5.41) is 3.29. The zero-order chi connectivity index (χ0) is 10.8. The molecule has 5 nitrogen and oxygen atoms in total. The van der Waals surface area contributed by atoms with Crippen LogP contribution in [-0.4, -0.2) is 56.8 Å². The minimum Gasteiger partial charge on any atom is -0.329 e. The van der Waals surface area contributed by atoms with Gasteiger partial charge in [0.15, 0.2) is 0 Å². The van der Waals surface area contributed by atoms with Crippen LogP contribution in [0.1, 0.15) is 6.92 Å². The summed E-state index contributed by atoms with van der Waals surface area (Å²) in [5.74, 6) is 0. The predicted molar refractivity (Wildman–Crippen MR) is 61.1 cm³/mol. The lowest BCUT2D eigenvalue weighted by atomic mass is 10.3. The lowest BCUT2D eigenvalue weighted by molar-refractivity contribution is 0.247. The lowest BCUT2D eigenvalue weighted by Crippen LogP contribution is -2.45. The Kier molecular flexibility index (Phi) is 9.23. The highest BCUT2D eigenvalue weighted by Crippen LogP contribution is 1.88. The van der Waals surface area contributed by atoms with Crippen LogP contribution in [0, 0.1) is 0 Å². The molecule has 14 heavy (non-hydrogen) atoms. The van der Waals surface area contributed by atoms with Gasteiger partial charge in [0.25, 0.3) is 0 Å². The normalized spacial score (nSPS) is 19.7. The molecular weight excluding hydrogens is 178 g/mol. The van der Waals surface area contributed by atoms with E-state index in [0.29, 0.717) is 6.54 Å². The van der Waals surface area contributed by atoms with Crippen LogP contribution in [0.2, 0.25) is 0 Å². The molecular formula is C9H25N5. The average Bonchev–Trinajstić information content (AvgIpc) is 2.21. The van der Waals surface area contributed by atoms with Crippen molar-refractivity contribution in [1.82, 2.24) is 10.2 Å². The van der Waals surface area contributed by atoms with Gasteiger partial charge in [-0.05, 0) is 6.92 Å². The molecule has 0 saturated carbocycles. The fourth-order valence-electron chi connectivity index (χ4n) is 1.12. The van der Waals surface area contributed by atoms with Gasteiger partial charge in [-0.2, -0.15) is 0 Å². The summed E-state index contributed by atoms with van der Waals surface area (Å²) in [5.41, 5.74) is 15.6. The van der Waals surface area contributed by atoms with Gasteiger partial charge in [-0.25, -0.2) is 0 Å². The molecule has 1 aliphatic rings. The first-order valence-electron chi connectivity index (χ1n) is 5.29. The van der Waals surface area contributed by atoms with Crippen molar-refractivity contribution in [3.8, 4) is 0 Å². The molecule has 0 aromatic rings. The molecule has 0 aromatic carbocycles. The second-order valence-corrected chi connectivity index (χ2v) is 3.59. The van der Waals surface area contributed by atoms with Crippen LogP contribution in [0.4, 0.5) is 0 Å². The first-order chi connectivity index (χ1) is 6.70. The van der Waals surface area contributed by atoms with Crippen LogP contribution in [0.3, 0.4) is 0 Å². The van der Waals surface area contributed by atoms with E-state index in [0.717, 1.165) is 39.3 Å². The second kappa shape index (κ2) is 9.36. The molecule has 5 heteroatoms. The summed E-state index contributed by atoms with van der Waals surface area (Å²) < 4.78 is 0. The molecule has 1 atom stereocenters. The minimum atomic E-state index is 0.162. The molecule has 86 valence electrons. The monoisotopic (exact) mass is 203 g/mol. The van der Waals surface area contributed by atoms with Gasteiger partial charge in [0.05, 0.1) is 0 Å². The Morgan fingerprint density at radius 3 is 2.14 bits per heavy atom. The third-order valence-electron chi connectivity index (χ3n) is 2.03. The molecule has 1 unspecified atom stereocenters. The highest BCUT2D eigenvalue weighted by molar-refractivity contribution is 4.66. The van der Waals surface area contributed by atoms with Crippen molar-refractivity contribution in [3.05, 3.63) is 0 Å². The topological polar surface area (TPSA) is 93.3 Å². The van der Waals surface area contributed by atoms with E-state index in [1.807, 2.05) is 6.92 Å². The maximum Gasteiger partial charge on any atom is 0.0134 e. The highest BCUT2D eigenvalue weighted by atomic mass is 15.2. The van der Waals surface area contributed by atoms with Gasteiger partial charge in [-0.15, -0.1) is 0 Å². The smallest absolute Gasteiger partial charge is 0.0134 e. The molecule has 1 fully saturated rings. The molecule has 0 aromatic heterocycles. The van der Waals surface area contributed by atoms with Crippen molar-refractivity contribution < 1.29 is 0 Å². The third-order valence-corrected chi connectivity index (χ3v) is 2.03. The summed E-state index contributed by atoms with van der Waals surface area (Å²) in [7, 11) is 0. The first-order valence-corrected chi connectivity index (χ1v) is 5.29. The van der Waals surface area contributed by atoms with Gasteiger partial charge in [-0.3, -0.25) is 4.90 Å². The number of piperazine rings is 1. The Bertz CT molecular complexity index is 109. The minimum absolute atomic E-state index is 0.162. The third kappa shape index (κ3) is 8.40. The van der Waals surface area contributed by atoms with Crippen LogP contribution in [0.25, 0.3) is 0 Å². The van der Waals surface area contributed by atoms with Crippen LogP contribution >= 0.6 is 0 Å². The van der Waals surface area contributed by atoms with E-state index in [1.54, 1.807) is 0 Å². The summed E-state index contributed by atoms with van der Waals surface area (Å²) in [4.78, 5) is 2.39. The SMILES string of the molecule is CC(N)CN.NCCN1CCNCC1. The van der Waals surface area contributed by atoms with Gasteiger partial charge in [0.2, 0.25) is 0 Å².